The summed E-state index contributed by atoms with van der Waals surface area (Å²) in [6, 6.07) is 6.95. The lowest BCUT2D eigenvalue weighted by Gasteiger charge is -2.34. The van der Waals surface area contributed by atoms with E-state index in [4.69, 9.17) is 9.47 Å². The Labute approximate surface area is 214 Å². The van der Waals surface area contributed by atoms with Crippen molar-refractivity contribution in [1.29, 1.82) is 0 Å². The van der Waals surface area contributed by atoms with Crippen LogP contribution in [0.3, 0.4) is 0 Å². The SMILES string of the molecule is CCOC1OC(=O)CC1NC(=O)[C@@H]1CC[C@H]2CC=CC[C@H](NC(=O)c3nccc4ccccc34)C(=O)N21. The molecule has 0 saturated carbocycles. The minimum absolute atomic E-state index is 0.0138. The number of aromatic nitrogens is 1. The van der Waals surface area contributed by atoms with Crippen molar-refractivity contribution >= 4 is 34.5 Å². The van der Waals surface area contributed by atoms with Gasteiger partial charge >= 0.3 is 5.97 Å². The Morgan fingerprint density at radius 2 is 1.92 bits per heavy atom. The summed E-state index contributed by atoms with van der Waals surface area (Å²) in [6.07, 6.45) is 6.73. The average Bonchev–Trinajstić information content (AvgIpc) is 3.46. The number of hydrogen-bond acceptors (Lipinski definition) is 7. The van der Waals surface area contributed by atoms with Gasteiger partial charge in [0.2, 0.25) is 18.1 Å². The molecule has 10 nitrogen and oxygen atoms in total. The third-order valence-corrected chi connectivity index (χ3v) is 7.12. The van der Waals surface area contributed by atoms with E-state index in [1.54, 1.807) is 18.0 Å². The topological polar surface area (TPSA) is 127 Å². The van der Waals surface area contributed by atoms with Crippen LogP contribution < -0.4 is 10.6 Å². The van der Waals surface area contributed by atoms with Gasteiger partial charge in [0.05, 0.1) is 6.42 Å². The molecule has 0 spiro atoms. The highest BCUT2D eigenvalue weighted by Crippen LogP contribution is 2.30. The molecule has 1 aromatic carbocycles. The molecular weight excluding hydrogens is 476 g/mol. The monoisotopic (exact) mass is 506 g/mol. The molecule has 3 amide bonds. The van der Waals surface area contributed by atoms with E-state index in [1.807, 2.05) is 42.5 Å². The van der Waals surface area contributed by atoms with Gasteiger partial charge in [-0.3, -0.25) is 24.2 Å². The summed E-state index contributed by atoms with van der Waals surface area (Å²) in [6.45, 7) is 2.11. The predicted octanol–water partition coefficient (Wildman–Crippen LogP) is 1.84. The standard InChI is InChI=1S/C27H30N4O6/c1-2-36-27-20(15-22(32)37-27)30-24(33)21-12-11-17-8-4-6-10-19(26(35)31(17)21)29-25(34)23-18-9-5-3-7-16(18)13-14-28-23/h3-7,9,13-14,17,19-21,27H,2,8,10-12,15H2,1H3,(H,29,34)(H,30,33)/t17-,19+,20?,21+,27?/m1/s1. The molecule has 2 saturated heterocycles. The molecule has 2 N–H and O–H groups in total. The van der Waals surface area contributed by atoms with Crippen molar-refractivity contribution in [2.24, 2.45) is 0 Å². The number of rotatable bonds is 6. The molecule has 0 radical (unpaired) electrons. The van der Waals surface area contributed by atoms with Crippen LogP contribution in [-0.4, -0.2) is 70.6 Å². The summed E-state index contributed by atoms with van der Waals surface area (Å²) in [5.41, 5.74) is 0.247. The number of esters is 1. The van der Waals surface area contributed by atoms with Crippen molar-refractivity contribution in [1.82, 2.24) is 20.5 Å². The van der Waals surface area contributed by atoms with Gasteiger partial charge in [0, 0.05) is 24.2 Å². The first-order valence-corrected chi connectivity index (χ1v) is 12.7. The quantitative estimate of drug-likeness (QED) is 0.452. The highest BCUT2D eigenvalue weighted by atomic mass is 16.7. The second kappa shape index (κ2) is 10.7. The Bertz CT molecular complexity index is 1240. The van der Waals surface area contributed by atoms with Crippen molar-refractivity contribution in [2.75, 3.05) is 6.61 Å². The van der Waals surface area contributed by atoms with E-state index in [1.165, 1.54) is 0 Å². The molecule has 0 bridgehead atoms. The zero-order chi connectivity index (χ0) is 25.9. The zero-order valence-corrected chi connectivity index (χ0v) is 20.6. The van der Waals surface area contributed by atoms with Gasteiger partial charge in [0.15, 0.2) is 0 Å². The zero-order valence-electron chi connectivity index (χ0n) is 20.6. The number of hydrogen-bond donors (Lipinski definition) is 2. The van der Waals surface area contributed by atoms with Gasteiger partial charge in [-0.1, -0.05) is 36.4 Å². The fourth-order valence-electron chi connectivity index (χ4n) is 5.37. The lowest BCUT2D eigenvalue weighted by atomic mass is 10.0. The van der Waals surface area contributed by atoms with Crippen LogP contribution in [0.1, 0.15) is 49.5 Å². The van der Waals surface area contributed by atoms with Gasteiger partial charge in [-0.15, -0.1) is 0 Å². The number of nitrogens with zero attached hydrogens (tertiary/aromatic N) is 2. The van der Waals surface area contributed by atoms with Gasteiger partial charge in [0.25, 0.3) is 5.91 Å². The molecule has 2 fully saturated rings. The molecule has 5 atom stereocenters. The maximum absolute atomic E-state index is 13.8. The van der Waals surface area contributed by atoms with Crippen LogP contribution in [0.4, 0.5) is 0 Å². The molecular formula is C27H30N4O6. The molecule has 10 heteroatoms. The minimum atomic E-state index is -0.843. The number of pyridine rings is 1. The highest BCUT2D eigenvalue weighted by molar-refractivity contribution is 6.06. The number of benzene rings is 1. The fraction of sp³-hybridized carbons (Fsp3) is 0.444. The molecule has 37 heavy (non-hydrogen) atoms. The van der Waals surface area contributed by atoms with Crippen LogP contribution >= 0.6 is 0 Å². The van der Waals surface area contributed by atoms with Crippen LogP contribution in [0.25, 0.3) is 10.8 Å². The van der Waals surface area contributed by atoms with Crippen LogP contribution in [0.15, 0.2) is 48.7 Å². The molecule has 2 aromatic rings. The van der Waals surface area contributed by atoms with Gasteiger partial charge in [-0.2, -0.15) is 0 Å². The summed E-state index contributed by atoms with van der Waals surface area (Å²) in [4.78, 5) is 57.9. The Hall–Kier alpha value is -3.79. The Morgan fingerprint density at radius 1 is 1.11 bits per heavy atom. The van der Waals surface area contributed by atoms with E-state index >= 15 is 0 Å². The number of carbonyl (C=O) groups is 4. The molecule has 3 aliphatic rings. The first-order valence-electron chi connectivity index (χ1n) is 12.7. The Balaban J connectivity index is 1.33. The lowest BCUT2D eigenvalue weighted by molar-refractivity contribution is -0.164. The Morgan fingerprint density at radius 3 is 2.76 bits per heavy atom. The number of amides is 3. The predicted molar refractivity (Wildman–Crippen MR) is 133 cm³/mol. The van der Waals surface area contributed by atoms with E-state index in [9.17, 15) is 19.2 Å². The molecule has 0 aliphatic carbocycles. The maximum Gasteiger partial charge on any atom is 0.310 e. The minimum Gasteiger partial charge on any atom is -0.433 e. The number of fused-ring (bicyclic) bond motifs is 2. The fourth-order valence-corrected chi connectivity index (χ4v) is 5.37. The van der Waals surface area contributed by atoms with E-state index in [0.29, 0.717) is 37.7 Å². The van der Waals surface area contributed by atoms with E-state index in [0.717, 1.165) is 5.39 Å². The molecule has 2 unspecified atom stereocenters. The second-order valence-corrected chi connectivity index (χ2v) is 9.47. The van der Waals surface area contributed by atoms with Crippen molar-refractivity contribution in [2.45, 2.75) is 69.5 Å². The van der Waals surface area contributed by atoms with Gasteiger partial charge < -0.3 is 25.0 Å². The van der Waals surface area contributed by atoms with Crippen LogP contribution in [-0.2, 0) is 23.9 Å². The molecule has 4 heterocycles. The largest absolute Gasteiger partial charge is 0.433 e. The summed E-state index contributed by atoms with van der Waals surface area (Å²) in [5, 5.41) is 7.29. The number of ether oxygens (including phenoxy) is 2. The molecule has 1 aromatic heterocycles. The summed E-state index contributed by atoms with van der Waals surface area (Å²) in [7, 11) is 0. The van der Waals surface area contributed by atoms with Crippen molar-refractivity contribution in [3.8, 4) is 0 Å². The maximum atomic E-state index is 13.8. The number of carbonyl (C=O) groups excluding carboxylic acids is 4. The van der Waals surface area contributed by atoms with Gasteiger partial charge in [-0.25, -0.2) is 0 Å². The van der Waals surface area contributed by atoms with Crippen LogP contribution in [0, 0.1) is 0 Å². The van der Waals surface area contributed by atoms with E-state index in [-0.39, 0.29) is 30.0 Å². The first-order chi connectivity index (χ1) is 18.0. The summed E-state index contributed by atoms with van der Waals surface area (Å²) >= 11 is 0. The second-order valence-electron chi connectivity index (χ2n) is 9.47. The highest BCUT2D eigenvalue weighted by Gasteiger charge is 2.45. The van der Waals surface area contributed by atoms with Crippen molar-refractivity contribution in [3.63, 3.8) is 0 Å². The third-order valence-electron chi connectivity index (χ3n) is 7.12. The van der Waals surface area contributed by atoms with Gasteiger partial charge in [-0.05, 0) is 44.1 Å². The normalized spacial score (nSPS) is 27.4. The van der Waals surface area contributed by atoms with Crippen molar-refractivity contribution < 1.29 is 28.7 Å². The smallest absolute Gasteiger partial charge is 0.310 e. The van der Waals surface area contributed by atoms with Gasteiger partial charge in [0.1, 0.15) is 23.8 Å². The third kappa shape index (κ3) is 5.06. The molecule has 3 aliphatic heterocycles. The lowest BCUT2D eigenvalue weighted by Crippen LogP contribution is -2.57. The molecule has 194 valence electrons. The Kier molecular flexibility index (Phi) is 7.18. The number of nitrogens with one attached hydrogen (secondary N) is 2. The average molecular weight is 507 g/mol. The van der Waals surface area contributed by atoms with Crippen LogP contribution in [0.5, 0.6) is 0 Å². The van der Waals surface area contributed by atoms with E-state index < -0.39 is 36.3 Å². The number of cyclic esters (lactones) is 1. The van der Waals surface area contributed by atoms with E-state index in [2.05, 4.69) is 15.6 Å². The van der Waals surface area contributed by atoms with Crippen LogP contribution in [0.2, 0.25) is 0 Å². The molecule has 5 rings (SSSR count). The summed E-state index contributed by atoms with van der Waals surface area (Å²) < 4.78 is 10.6. The first kappa shape index (κ1) is 24.9. The van der Waals surface area contributed by atoms with Crippen molar-refractivity contribution in [3.05, 3.63) is 54.4 Å². The summed E-state index contributed by atoms with van der Waals surface area (Å²) in [5.74, 6) is -1.54.